The zero-order valence-corrected chi connectivity index (χ0v) is 9.84. The summed E-state index contributed by atoms with van der Waals surface area (Å²) in [5.41, 5.74) is 5.88. The fourth-order valence-electron chi connectivity index (χ4n) is 2.18. The van der Waals surface area contributed by atoms with Gasteiger partial charge in [0, 0.05) is 19.2 Å². The van der Waals surface area contributed by atoms with Crippen LogP contribution in [0.15, 0.2) is 12.1 Å². The van der Waals surface area contributed by atoms with Crippen LogP contribution in [-0.4, -0.2) is 31.6 Å². The van der Waals surface area contributed by atoms with Gasteiger partial charge in [0.05, 0.1) is 11.4 Å². The molecule has 1 fully saturated rings. The van der Waals surface area contributed by atoms with Gasteiger partial charge < -0.3 is 16.0 Å². The number of nitrogen functional groups attached to an aromatic ring is 1. The molecular weight excluding hydrogens is 224 g/mol. The van der Waals surface area contributed by atoms with Crippen molar-refractivity contribution in [1.82, 2.24) is 4.90 Å². The van der Waals surface area contributed by atoms with Crippen molar-refractivity contribution in [1.29, 1.82) is 0 Å². The number of halogens is 2. The van der Waals surface area contributed by atoms with Gasteiger partial charge >= 0.3 is 0 Å². The van der Waals surface area contributed by atoms with Crippen molar-refractivity contribution in [3.63, 3.8) is 0 Å². The first-order valence-corrected chi connectivity index (χ1v) is 5.73. The molecule has 17 heavy (non-hydrogen) atoms. The Labute approximate surface area is 99.6 Å². The van der Waals surface area contributed by atoms with Gasteiger partial charge in [-0.3, -0.25) is 0 Å². The van der Waals surface area contributed by atoms with E-state index in [1.165, 1.54) is 6.07 Å². The first-order chi connectivity index (χ1) is 8.06. The van der Waals surface area contributed by atoms with Gasteiger partial charge in [-0.25, -0.2) is 8.78 Å². The molecule has 0 aliphatic carbocycles. The second-order valence-corrected chi connectivity index (χ2v) is 4.65. The maximum Gasteiger partial charge on any atom is 0.151 e. The molecule has 1 aromatic carbocycles. The molecule has 1 heterocycles. The van der Waals surface area contributed by atoms with Crippen LogP contribution in [0.4, 0.5) is 20.2 Å². The Hall–Kier alpha value is -1.36. The molecule has 0 radical (unpaired) electrons. The molecule has 94 valence electrons. The normalized spacial score (nSPS) is 20.8. The van der Waals surface area contributed by atoms with Crippen molar-refractivity contribution >= 4 is 11.4 Å². The maximum absolute atomic E-state index is 13.2. The van der Waals surface area contributed by atoms with E-state index in [-0.39, 0.29) is 5.69 Å². The van der Waals surface area contributed by atoms with E-state index in [1.807, 2.05) is 0 Å². The van der Waals surface area contributed by atoms with Gasteiger partial charge in [0.2, 0.25) is 0 Å². The smallest absolute Gasteiger partial charge is 0.151 e. The highest BCUT2D eigenvalue weighted by atomic mass is 19.1. The summed E-state index contributed by atoms with van der Waals surface area (Å²) in [6.07, 6.45) is 1.10. The summed E-state index contributed by atoms with van der Waals surface area (Å²) in [5, 5.41) is 3.03. The molecule has 1 saturated heterocycles. The van der Waals surface area contributed by atoms with Crippen molar-refractivity contribution in [2.24, 2.45) is 5.92 Å². The Bertz CT molecular complexity index is 409. The standard InChI is InChI=1S/C12H17F2N3/c1-17-3-2-8(7-17)6-16-11-5-9(13)4-10(14)12(11)15/h4-5,8,16H,2-3,6-7,15H2,1H3. The van der Waals surface area contributed by atoms with Gasteiger partial charge in [0.15, 0.2) is 5.82 Å². The minimum absolute atomic E-state index is 0.0160. The highest BCUT2D eigenvalue weighted by Crippen LogP contribution is 2.24. The number of hydrogen-bond donors (Lipinski definition) is 2. The van der Waals surface area contributed by atoms with E-state index in [2.05, 4.69) is 17.3 Å². The SMILES string of the molecule is CN1CCC(CNc2cc(F)cc(F)c2N)C1. The van der Waals surface area contributed by atoms with Gasteiger partial charge in [-0.2, -0.15) is 0 Å². The predicted octanol–water partition coefficient (Wildman–Crippen LogP) is 1.91. The van der Waals surface area contributed by atoms with Crippen molar-refractivity contribution in [2.75, 3.05) is 37.7 Å². The molecule has 5 heteroatoms. The zero-order valence-electron chi connectivity index (χ0n) is 9.84. The molecule has 1 atom stereocenters. The molecule has 1 aliphatic heterocycles. The molecule has 0 saturated carbocycles. The first kappa shape index (κ1) is 12.1. The minimum Gasteiger partial charge on any atom is -0.395 e. The average Bonchev–Trinajstić information content (AvgIpc) is 2.67. The van der Waals surface area contributed by atoms with Crippen molar-refractivity contribution in [2.45, 2.75) is 6.42 Å². The monoisotopic (exact) mass is 241 g/mol. The minimum atomic E-state index is -0.712. The largest absolute Gasteiger partial charge is 0.395 e. The van der Waals surface area contributed by atoms with Gasteiger partial charge in [-0.15, -0.1) is 0 Å². The van der Waals surface area contributed by atoms with Crippen molar-refractivity contribution < 1.29 is 8.78 Å². The predicted molar refractivity (Wildman–Crippen MR) is 64.9 cm³/mol. The second kappa shape index (κ2) is 4.87. The van der Waals surface area contributed by atoms with Crippen LogP contribution < -0.4 is 11.1 Å². The number of likely N-dealkylation sites (tertiary alicyclic amines) is 1. The van der Waals surface area contributed by atoms with E-state index >= 15 is 0 Å². The third kappa shape index (κ3) is 2.85. The highest BCUT2D eigenvalue weighted by molar-refractivity contribution is 5.66. The highest BCUT2D eigenvalue weighted by Gasteiger charge is 2.19. The number of hydrogen-bond acceptors (Lipinski definition) is 3. The van der Waals surface area contributed by atoms with E-state index in [1.54, 1.807) is 0 Å². The quantitative estimate of drug-likeness (QED) is 0.794. The van der Waals surface area contributed by atoms with Crippen molar-refractivity contribution in [3.8, 4) is 0 Å². The number of anilines is 2. The lowest BCUT2D eigenvalue weighted by molar-refractivity contribution is 0.399. The van der Waals surface area contributed by atoms with Crippen LogP contribution in [0.2, 0.25) is 0 Å². The zero-order chi connectivity index (χ0) is 12.4. The fraction of sp³-hybridized carbons (Fsp3) is 0.500. The molecule has 1 unspecified atom stereocenters. The maximum atomic E-state index is 13.2. The van der Waals surface area contributed by atoms with Crippen LogP contribution >= 0.6 is 0 Å². The van der Waals surface area contributed by atoms with E-state index in [9.17, 15) is 8.78 Å². The average molecular weight is 241 g/mol. The Kier molecular flexibility index (Phi) is 3.47. The summed E-state index contributed by atoms with van der Waals surface area (Å²) < 4.78 is 26.2. The molecular formula is C12H17F2N3. The van der Waals surface area contributed by atoms with Crippen LogP contribution in [0.3, 0.4) is 0 Å². The summed E-state index contributed by atoms with van der Waals surface area (Å²) in [4.78, 5) is 2.24. The number of nitrogens with zero attached hydrogens (tertiary/aromatic N) is 1. The molecule has 0 amide bonds. The van der Waals surface area contributed by atoms with Crippen LogP contribution in [0, 0.1) is 17.6 Å². The van der Waals surface area contributed by atoms with E-state index in [0.717, 1.165) is 25.6 Å². The van der Waals surface area contributed by atoms with E-state index in [0.29, 0.717) is 18.2 Å². The fourth-order valence-corrected chi connectivity index (χ4v) is 2.18. The van der Waals surface area contributed by atoms with Gasteiger partial charge in [0.25, 0.3) is 0 Å². The summed E-state index contributed by atoms with van der Waals surface area (Å²) in [6.45, 7) is 2.77. The Balaban J connectivity index is 1.99. The van der Waals surface area contributed by atoms with Crippen LogP contribution in [0.25, 0.3) is 0 Å². The Morgan fingerprint density at radius 1 is 1.47 bits per heavy atom. The van der Waals surface area contributed by atoms with E-state index < -0.39 is 11.6 Å². The first-order valence-electron chi connectivity index (χ1n) is 5.73. The lowest BCUT2D eigenvalue weighted by atomic mass is 10.1. The van der Waals surface area contributed by atoms with Gasteiger partial charge in [-0.05, 0) is 32.0 Å². The lowest BCUT2D eigenvalue weighted by Gasteiger charge is -2.14. The summed E-state index contributed by atoms with van der Waals surface area (Å²) >= 11 is 0. The topological polar surface area (TPSA) is 41.3 Å². The number of rotatable bonds is 3. The lowest BCUT2D eigenvalue weighted by Crippen LogP contribution is -2.19. The number of benzene rings is 1. The molecule has 3 nitrogen and oxygen atoms in total. The van der Waals surface area contributed by atoms with Crippen LogP contribution in [0.1, 0.15) is 6.42 Å². The molecule has 0 aromatic heterocycles. The summed E-state index contributed by atoms with van der Waals surface area (Å²) in [6, 6.07) is 2.03. The molecule has 0 spiro atoms. The van der Waals surface area contributed by atoms with Crippen LogP contribution in [0.5, 0.6) is 0 Å². The molecule has 0 bridgehead atoms. The third-order valence-corrected chi connectivity index (χ3v) is 3.16. The molecule has 1 aromatic rings. The van der Waals surface area contributed by atoms with Crippen LogP contribution in [-0.2, 0) is 0 Å². The second-order valence-electron chi connectivity index (χ2n) is 4.65. The van der Waals surface area contributed by atoms with Gasteiger partial charge in [0.1, 0.15) is 5.82 Å². The number of nitrogens with one attached hydrogen (secondary N) is 1. The van der Waals surface area contributed by atoms with Crippen molar-refractivity contribution in [3.05, 3.63) is 23.8 Å². The summed E-state index contributed by atoms with van der Waals surface area (Å²) in [5.74, 6) is -0.815. The van der Waals surface area contributed by atoms with E-state index in [4.69, 9.17) is 5.73 Å². The molecule has 1 aliphatic rings. The Morgan fingerprint density at radius 2 is 2.24 bits per heavy atom. The third-order valence-electron chi connectivity index (χ3n) is 3.16. The molecule has 3 N–H and O–H groups in total. The summed E-state index contributed by atoms with van der Waals surface area (Å²) in [7, 11) is 2.07. The molecule has 2 rings (SSSR count). The Morgan fingerprint density at radius 3 is 2.88 bits per heavy atom. The van der Waals surface area contributed by atoms with Gasteiger partial charge in [-0.1, -0.05) is 0 Å². The number of nitrogens with two attached hydrogens (primary N) is 1.